The molecule has 1 aliphatic heterocycles. The van der Waals surface area contributed by atoms with Crippen molar-refractivity contribution in [2.45, 2.75) is 25.2 Å². The minimum absolute atomic E-state index is 0.421. The van der Waals surface area contributed by atoms with Gasteiger partial charge < -0.3 is 15.2 Å². The molecule has 2 aromatic carbocycles. The highest BCUT2D eigenvalue weighted by molar-refractivity contribution is 5.79. The molecule has 5 nitrogen and oxygen atoms in total. The molecule has 4 rings (SSSR count). The molecule has 2 atom stereocenters. The van der Waals surface area contributed by atoms with Gasteiger partial charge in [-0.2, -0.15) is 0 Å². The van der Waals surface area contributed by atoms with Crippen LogP contribution in [0.3, 0.4) is 0 Å². The van der Waals surface area contributed by atoms with E-state index in [1.165, 1.54) is 0 Å². The second-order valence-corrected chi connectivity index (χ2v) is 6.68. The van der Waals surface area contributed by atoms with Crippen LogP contribution in [-0.4, -0.2) is 34.9 Å². The van der Waals surface area contributed by atoms with E-state index >= 15 is 0 Å². The largest absolute Gasteiger partial charge is 0.340 e. The van der Waals surface area contributed by atoms with Crippen LogP contribution in [0.1, 0.15) is 12.0 Å². The molecule has 0 spiro atoms. The lowest BCUT2D eigenvalue weighted by Gasteiger charge is -2.34. The normalized spacial score (nSPS) is 20.3. The van der Waals surface area contributed by atoms with Gasteiger partial charge in [0.2, 0.25) is 5.95 Å². The first-order chi connectivity index (χ1) is 12.7. The molecule has 6 heteroatoms. The second kappa shape index (κ2) is 6.77. The maximum atomic E-state index is 13.8. The van der Waals surface area contributed by atoms with Crippen LogP contribution >= 0.6 is 0 Å². The lowest BCUT2D eigenvalue weighted by atomic mass is 10.1. The highest BCUT2D eigenvalue weighted by atomic mass is 19.1. The van der Waals surface area contributed by atoms with Crippen LogP contribution in [-0.2, 0) is 6.54 Å². The third-order valence-corrected chi connectivity index (χ3v) is 4.89. The van der Waals surface area contributed by atoms with Crippen LogP contribution in [0.25, 0.3) is 15.9 Å². The molecular formula is C20H20FN5. The zero-order chi connectivity index (χ0) is 18.1. The van der Waals surface area contributed by atoms with Crippen molar-refractivity contribution in [3.63, 3.8) is 0 Å². The Labute approximate surface area is 151 Å². The van der Waals surface area contributed by atoms with E-state index in [-0.39, 0.29) is 0 Å². The minimum Gasteiger partial charge on any atom is -0.340 e. The quantitative estimate of drug-likeness (QED) is 0.736. The van der Waals surface area contributed by atoms with Gasteiger partial charge in [0.1, 0.15) is 6.17 Å². The van der Waals surface area contributed by atoms with Gasteiger partial charge in [-0.3, -0.25) is 0 Å². The Hall–Kier alpha value is -2.91. The van der Waals surface area contributed by atoms with E-state index < -0.39 is 12.2 Å². The maximum Gasteiger partial charge on any atom is 0.206 e. The second-order valence-electron chi connectivity index (χ2n) is 6.68. The lowest BCUT2D eigenvalue weighted by molar-refractivity contribution is 0.243. The van der Waals surface area contributed by atoms with Crippen molar-refractivity contribution in [1.29, 1.82) is 0 Å². The lowest BCUT2D eigenvalue weighted by Crippen LogP contribution is -2.50. The first kappa shape index (κ1) is 16.6. The third kappa shape index (κ3) is 3.02. The van der Waals surface area contributed by atoms with Gasteiger partial charge >= 0.3 is 0 Å². The standard InChI is InChI=1S/C20H20FN5/c1-23-15-8-6-14(7-9-15)12-26-19-5-3-2-4-18(19)24-20(26)25-11-10-16(21)17(22)13-25/h2-9,16-17H,10-13,22H2/t16-,17-/m0/s1. The molecule has 1 aliphatic rings. The molecule has 0 amide bonds. The molecule has 2 heterocycles. The van der Waals surface area contributed by atoms with E-state index in [0.29, 0.717) is 31.7 Å². The van der Waals surface area contributed by atoms with Crippen molar-refractivity contribution in [2.24, 2.45) is 5.73 Å². The predicted molar refractivity (Wildman–Crippen MR) is 101 cm³/mol. The van der Waals surface area contributed by atoms with E-state index in [9.17, 15) is 4.39 Å². The summed E-state index contributed by atoms with van der Waals surface area (Å²) in [5.41, 5.74) is 9.62. The van der Waals surface area contributed by atoms with Gasteiger partial charge in [-0.1, -0.05) is 36.4 Å². The summed E-state index contributed by atoms with van der Waals surface area (Å²) in [6.07, 6.45) is -0.533. The molecule has 0 aliphatic carbocycles. The molecule has 2 N–H and O–H groups in total. The molecular weight excluding hydrogens is 329 g/mol. The number of hydrogen-bond donors (Lipinski definition) is 1. The van der Waals surface area contributed by atoms with Gasteiger partial charge in [0, 0.05) is 13.1 Å². The van der Waals surface area contributed by atoms with E-state index in [4.69, 9.17) is 17.3 Å². The summed E-state index contributed by atoms with van der Waals surface area (Å²) >= 11 is 0. The number of piperidine rings is 1. The van der Waals surface area contributed by atoms with Crippen molar-refractivity contribution >= 4 is 22.7 Å². The van der Waals surface area contributed by atoms with Crippen molar-refractivity contribution < 1.29 is 4.39 Å². The average molecular weight is 349 g/mol. The van der Waals surface area contributed by atoms with Gasteiger partial charge in [0.25, 0.3) is 0 Å². The first-order valence-corrected chi connectivity index (χ1v) is 8.72. The van der Waals surface area contributed by atoms with Crippen LogP contribution in [0.4, 0.5) is 16.0 Å². The summed E-state index contributed by atoms with van der Waals surface area (Å²) < 4.78 is 15.9. The predicted octanol–water partition coefficient (Wildman–Crippen LogP) is 3.51. The highest BCUT2D eigenvalue weighted by Crippen LogP contribution is 2.27. The number of para-hydroxylation sites is 2. The maximum absolute atomic E-state index is 13.8. The van der Waals surface area contributed by atoms with Crippen molar-refractivity contribution in [2.75, 3.05) is 18.0 Å². The summed E-state index contributed by atoms with van der Waals surface area (Å²) in [4.78, 5) is 10.3. The third-order valence-electron chi connectivity index (χ3n) is 4.89. The Balaban J connectivity index is 1.73. The Bertz CT molecular complexity index is 956. The molecule has 0 radical (unpaired) electrons. The summed E-state index contributed by atoms with van der Waals surface area (Å²) in [6, 6.07) is 15.1. The smallest absolute Gasteiger partial charge is 0.206 e. The van der Waals surface area contributed by atoms with E-state index in [2.05, 4.69) is 14.3 Å². The van der Waals surface area contributed by atoms with Gasteiger partial charge in [0.15, 0.2) is 5.69 Å². The first-order valence-electron chi connectivity index (χ1n) is 8.72. The number of aromatic nitrogens is 2. The zero-order valence-electron chi connectivity index (χ0n) is 14.3. The summed E-state index contributed by atoms with van der Waals surface area (Å²) in [6.45, 7) is 8.79. The van der Waals surface area contributed by atoms with Crippen LogP contribution in [0.5, 0.6) is 0 Å². The van der Waals surface area contributed by atoms with Crippen molar-refractivity contribution in [3.8, 4) is 0 Å². The van der Waals surface area contributed by atoms with Gasteiger partial charge in [-0.05, 0) is 24.1 Å². The van der Waals surface area contributed by atoms with Crippen LogP contribution < -0.4 is 10.6 Å². The Morgan fingerprint density at radius 3 is 2.69 bits per heavy atom. The number of fused-ring (bicyclic) bond motifs is 1. The van der Waals surface area contributed by atoms with E-state index in [0.717, 1.165) is 22.5 Å². The number of rotatable bonds is 3. The number of nitrogens with zero attached hydrogens (tertiary/aromatic N) is 4. The number of anilines is 1. The molecule has 132 valence electrons. The average Bonchev–Trinajstić information content (AvgIpc) is 3.03. The molecule has 26 heavy (non-hydrogen) atoms. The summed E-state index contributed by atoms with van der Waals surface area (Å²) in [5.74, 6) is 0.822. The summed E-state index contributed by atoms with van der Waals surface area (Å²) in [5, 5.41) is 0. The zero-order valence-corrected chi connectivity index (χ0v) is 14.3. The molecule has 1 saturated heterocycles. The van der Waals surface area contributed by atoms with Crippen molar-refractivity contribution in [1.82, 2.24) is 9.55 Å². The van der Waals surface area contributed by atoms with Crippen molar-refractivity contribution in [3.05, 3.63) is 65.5 Å². The number of hydrogen-bond acceptors (Lipinski definition) is 3. The fourth-order valence-corrected chi connectivity index (χ4v) is 3.45. The van der Waals surface area contributed by atoms with Crippen LogP contribution in [0.2, 0.25) is 0 Å². The number of alkyl halides is 1. The van der Waals surface area contributed by atoms with Gasteiger partial charge in [-0.15, -0.1) is 0 Å². The molecule has 3 aromatic rings. The Morgan fingerprint density at radius 2 is 1.96 bits per heavy atom. The Morgan fingerprint density at radius 1 is 1.19 bits per heavy atom. The van der Waals surface area contributed by atoms with Crippen LogP contribution in [0.15, 0.2) is 48.5 Å². The topological polar surface area (TPSA) is 51.4 Å². The number of halogens is 1. The van der Waals surface area contributed by atoms with Gasteiger partial charge in [0.05, 0.1) is 30.2 Å². The molecule has 1 aromatic heterocycles. The SMILES string of the molecule is [C-]#[N+]c1ccc(Cn2c(N3CC[C@H](F)[C@@H](N)C3)nc3ccccc32)cc1. The number of benzene rings is 2. The minimum atomic E-state index is -0.953. The molecule has 0 bridgehead atoms. The Kier molecular flexibility index (Phi) is 4.31. The molecule has 0 unspecified atom stereocenters. The number of nitrogens with two attached hydrogens (primary N) is 1. The van der Waals surface area contributed by atoms with Crippen LogP contribution in [0, 0.1) is 6.57 Å². The highest BCUT2D eigenvalue weighted by Gasteiger charge is 2.29. The fraction of sp³-hybridized carbons (Fsp3) is 0.300. The fourth-order valence-electron chi connectivity index (χ4n) is 3.45. The molecule has 0 saturated carbocycles. The van der Waals surface area contributed by atoms with Gasteiger partial charge in [-0.25, -0.2) is 14.2 Å². The van der Waals surface area contributed by atoms with E-state index in [1.54, 1.807) is 0 Å². The summed E-state index contributed by atoms with van der Waals surface area (Å²) in [7, 11) is 0. The monoisotopic (exact) mass is 349 g/mol. The molecule has 1 fully saturated rings. The van der Waals surface area contributed by atoms with E-state index in [1.807, 2.05) is 48.5 Å². The number of imidazole rings is 1.